The summed E-state index contributed by atoms with van der Waals surface area (Å²) >= 11 is 12.5. The zero-order chi connectivity index (χ0) is 19.6. The first kappa shape index (κ1) is 20.1. The standard InChI is InChI=1S/C17H15ClN2O4S3/c18-13-4-2-1-3-11(13)9-14-16(22)20(17(25)26-14)7-5-15(21)19-12-6-8-27(23,24)10-12/h1-4,6,8-9,12H,5,7,10H2,(H,19,21)/b14-9-/t12-/m1/s1. The predicted octanol–water partition coefficient (Wildman–Crippen LogP) is 2.36. The van der Waals surface area contributed by atoms with E-state index in [0.29, 0.717) is 19.8 Å². The van der Waals surface area contributed by atoms with Gasteiger partial charge < -0.3 is 5.32 Å². The number of thiocarbonyl (C=S) groups is 1. The number of benzene rings is 1. The topological polar surface area (TPSA) is 83.6 Å². The van der Waals surface area contributed by atoms with Crippen molar-refractivity contribution in [1.82, 2.24) is 10.2 Å². The lowest BCUT2D eigenvalue weighted by molar-refractivity contribution is -0.124. The van der Waals surface area contributed by atoms with Crippen molar-refractivity contribution in [2.75, 3.05) is 12.3 Å². The number of nitrogens with zero attached hydrogens (tertiary/aromatic N) is 1. The fraction of sp³-hybridized carbons (Fsp3) is 0.235. The van der Waals surface area contributed by atoms with Crippen molar-refractivity contribution >= 4 is 67.6 Å². The molecule has 1 N–H and O–H groups in total. The third-order valence-corrected chi connectivity index (χ3v) is 7.02. The van der Waals surface area contributed by atoms with Gasteiger partial charge >= 0.3 is 0 Å². The molecule has 2 aliphatic rings. The number of sulfone groups is 1. The fourth-order valence-electron chi connectivity index (χ4n) is 2.58. The first-order valence-corrected chi connectivity index (χ1v) is 11.3. The number of carbonyl (C=O) groups excluding carboxylic acids is 2. The van der Waals surface area contributed by atoms with Crippen LogP contribution < -0.4 is 5.32 Å². The molecule has 0 aromatic heterocycles. The summed E-state index contributed by atoms with van der Waals surface area (Å²) in [6, 6.07) is 6.62. The molecule has 0 spiro atoms. The van der Waals surface area contributed by atoms with Crippen LogP contribution in [0.15, 0.2) is 40.7 Å². The molecule has 2 amide bonds. The number of hydrogen-bond donors (Lipinski definition) is 1. The summed E-state index contributed by atoms with van der Waals surface area (Å²) in [5, 5.41) is 4.25. The summed E-state index contributed by atoms with van der Waals surface area (Å²) in [5.41, 5.74) is 0.714. The Balaban J connectivity index is 1.59. The van der Waals surface area contributed by atoms with Crippen LogP contribution in [-0.2, 0) is 19.4 Å². The van der Waals surface area contributed by atoms with Crippen molar-refractivity contribution in [3.63, 3.8) is 0 Å². The van der Waals surface area contributed by atoms with E-state index in [2.05, 4.69) is 5.32 Å². The summed E-state index contributed by atoms with van der Waals surface area (Å²) in [6.45, 7) is 0.125. The average Bonchev–Trinajstić information content (AvgIpc) is 3.07. The van der Waals surface area contributed by atoms with E-state index < -0.39 is 15.9 Å². The minimum atomic E-state index is -3.23. The highest BCUT2D eigenvalue weighted by atomic mass is 35.5. The maximum atomic E-state index is 12.6. The van der Waals surface area contributed by atoms with Crippen LogP contribution in [0.5, 0.6) is 0 Å². The van der Waals surface area contributed by atoms with Crippen LogP contribution in [0.25, 0.3) is 6.08 Å². The Bertz CT molecular complexity index is 972. The minimum absolute atomic E-state index is 0.0240. The van der Waals surface area contributed by atoms with Gasteiger partial charge in [0.05, 0.1) is 16.7 Å². The van der Waals surface area contributed by atoms with Crippen molar-refractivity contribution in [3.05, 3.63) is 51.2 Å². The van der Waals surface area contributed by atoms with Crippen molar-refractivity contribution in [3.8, 4) is 0 Å². The number of carbonyl (C=O) groups is 2. The maximum Gasteiger partial charge on any atom is 0.266 e. The van der Waals surface area contributed by atoms with E-state index in [0.717, 1.165) is 17.2 Å². The van der Waals surface area contributed by atoms with Gasteiger partial charge in [-0.3, -0.25) is 14.5 Å². The second-order valence-electron chi connectivity index (χ2n) is 5.94. The Kier molecular flexibility index (Phi) is 6.05. The number of rotatable bonds is 5. The normalized spacial score (nSPS) is 22.6. The highest BCUT2D eigenvalue weighted by Gasteiger charge is 2.32. The summed E-state index contributed by atoms with van der Waals surface area (Å²) in [5.74, 6) is -0.757. The molecule has 0 radical (unpaired) electrons. The lowest BCUT2D eigenvalue weighted by Gasteiger charge is -2.15. The molecular formula is C17H15ClN2O4S3. The number of hydrogen-bond acceptors (Lipinski definition) is 6. The van der Waals surface area contributed by atoms with Gasteiger partial charge in [-0.05, 0) is 23.8 Å². The van der Waals surface area contributed by atoms with Gasteiger partial charge in [-0.1, -0.05) is 53.8 Å². The van der Waals surface area contributed by atoms with Crippen molar-refractivity contribution in [2.24, 2.45) is 0 Å². The summed E-state index contributed by atoms with van der Waals surface area (Å²) < 4.78 is 23.1. The Labute approximate surface area is 171 Å². The van der Waals surface area contributed by atoms with E-state index in [1.807, 2.05) is 6.07 Å². The molecule has 1 atom stereocenters. The predicted molar refractivity (Wildman–Crippen MR) is 111 cm³/mol. The van der Waals surface area contributed by atoms with E-state index in [-0.39, 0.29) is 30.5 Å². The average molecular weight is 443 g/mol. The van der Waals surface area contributed by atoms with E-state index in [1.54, 1.807) is 24.3 Å². The zero-order valence-corrected chi connectivity index (χ0v) is 17.1. The van der Waals surface area contributed by atoms with Gasteiger partial charge in [0.25, 0.3) is 5.91 Å². The van der Waals surface area contributed by atoms with Crippen molar-refractivity contribution in [2.45, 2.75) is 12.5 Å². The van der Waals surface area contributed by atoms with E-state index in [4.69, 9.17) is 23.8 Å². The molecule has 0 bridgehead atoms. The maximum absolute atomic E-state index is 12.6. The second kappa shape index (κ2) is 8.14. The number of thioether (sulfide) groups is 1. The molecule has 6 nitrogen and oxygen atoms in total. The molecular weight excluding hydrogens is 428 g/mol. The van der Waals surface area contributed by atoms with Crippen LogP contribution in [-0.4, -0.2) is 47.8 Å². The van der Waals surface area contributed by atoms with Crippen LogP contribution in [0.1, 0.15) is 12.0 Å². The number of amides is 2. The third kappa shape index (κ3) is 4.98. The molecule has 1 saturated heterocycles. The second-order valence-corrected chi connectivity index (χ2v) is 9.95. The molecule has 142 valence electrons. The molecule has 2 aliphatic heterocycles. The molecule has 0 saturated carbocycles. The van der Waals surface area contributed by atoms with Gasteiger partial charge in [0.2, 0.25) is 5.91 Å². The fourth-order valence-corrected chi connectivity index (χ4v) is 5.31. The molecule has 2 heterocycles. The van der Waals surface area contributed by atoms with Gasteiger partial charge in [-0.25, -0.2) is 8.42 Å². The van der Waals surface area contributed by atoms with Gasteiger partial charge in [0, 0.05) is 23.4 Å². The Hall–Kier alpha value is -1.68. The lowest BCUT2D eigenvalue weighted by Crippen LogP contribution is -2.38. The first-order chi connectivity index (χ1) is 12.7. The number of nitrogens with one attached hydrogen (secondary N) is 1. The van der Waals surface area contributed by atoms with Gasteiger partial charge in [-0.15, -0.1) is 0 Å². The van der Waals surface area contributed by atoms with E-state index >= 15 is 0 Å². The molecule has 10 heteroatoms. The third-order valence-electron chi connectivity index (χ3n) is 3.90. The summed E-state index contributed by atoms with van der Waals surface area (Å²) in [7, 11) is -3.23. The lowest BCUT2D eigenvalue weighted by atomic mass is 10.2. The smallest absolute Gasteiger partial charge is 0.266 e. The van der Waals surface area contributed by atoms with Crippen LogP contribution >= 0.6 is 35.6 Å². The summed E-state index contributed by atoms with van der Waals surface area (Å²) in [6.07, 6.45) is 3.14. The molecule has 27 heavy (non-hydrogen) atoms. The zero-order valence-electron chi connectivity index (χ0n) is 13.9. The molecule has 1 fully saturated rings. The molecule has 0 unspecified atom stereocenters. The highest BCUT2D eigenvalue weighted by molar-refractivity contribution is 8.26. The Morgan fingerprint density at radius 3 is 2.81 bits per heavy atom. The van der Waals surface area contributed by atoms with E-state index in [9.17, 15) is 18.0 Å². The van der Waals surface area contributed by atoms with Crippen molar-refractivity contribution in [1.29, 1.82) is 0 Å². The van der Waals surface area contributed by atoms with Crippen LogP contribution in [0.2, 0.25) is 5.02 Å². The molecule has 1 aromatic rings. The van der Waals surface area contributed by atoms with E-state index in [1.165, 1.54) is 11.0 Å². The minimum Gasteiger partial charge on any atom is -0.349 e. The van der Waals surface area contributed by atoms with Crippen LogP contribution in [0, 0.1) is 0 Å². The SMILES string of the molecule is O=C(CCN1C(=O)/C(=C/c2ccccc2Cl)SC1=S)N[C@@H]1C=CS(=O)(=O)C1. The van der Waals surface area contributed by atoms with Crippen LogP contribution in [0.4, 0.5) is 0 Å². The molecule has 1 aromatic carbocycles. The van der Waals surface area contributed by atoms with Gasteiger partial charge in [0.15, 0.2) is 9.84 Å². The quantitative estimate of drug-likeness (QED) is 0.556. The van der Waals surface area contributed by atoms with Crippen LogP contribution in [0.3, 0.4) is 0 Å². The number of halogens is 1. The van der Waals surface area contributed by atoms with Crippen molar-refractivity contribution < 1.29 is 18.0 Å². The largest absolute Gasteiger partial charge is 0.349 e. The summed E-state index contributed by atoms with van der Waals surface area (Å²) in [4.78, 5) is 26.4. The monoisotopic (exact) mass is 442 g/mol. The van der Waals surface area contributed by atoms with Gasteiger partial charge in [0.1, 0.15) is 4.32 Å². The molecule has 3 rings (SSSR count). The molecule has 0 aliphatic carbocycles. The Morgan fingerprint density at radius 1 is 1.41 bits per heavy atom. The van der Waals surface area contributed by atoms with Gasteiger partial charge in [-0.2, -0.15) is 0 Å². The highest BCUT2D eigenvalue weighted by Crippen LogP contribution is 2.33. The Morgan fingerprint density at radius 2 is 2.15 bits per heavy atom. The first-order valence-electron chi connectivity index (χ1n) is 7.95.